The molecule has 1 aromatic rings. The monoisotopic (exact) mass is 474 g/mol. The van der Waals surface area contributed by atoms with Gasteiger partial charge >= 0.3 is 0 Å². The number of aryl methyl sites for hydroxylation is 1. The molecule has 2 rings (SSSR count). The molecule has 25 heavy (non-hydrogen) atoms. The Bertz CT molecular complexity index is 478. The van der Waals surface area contributed by atoms with Crippen LogP contribution in [0.2, 0.25) is 0 Å². The van der Waals surface area contributed by atoms with Crippen molar-refractivity contribution in [1.29, 1.82) is 0 Å². The van der Waals surface area contributed by atoms with Crippen LogP contribution in [0.1, 0.15) is 76.7 Å². The number of hydrogen-bond acceptors (Lipinski definition) is 2. The van der Waals surface area contributed by atoms with Crippen LogP contribution < -0.4 is 4.74 Å². The molecule has 0 N–H and O–H groups in total. The molecular weight excluding hydrogens is 444 g/mol. The van der Waals surface area contributed by atoms with Gasteiger partial charge in [0.2, 0.25) is 0 Å². The van der Waals surface area contributed by atoms with E-state index in [1.807, 2.05) is 0 Å². The normalized spacial score (nSPS) is 16.2. The minimum absolute atomic E-state index is 0.283. The summed E-state index contributed by atoms with van der Waals surface area (Å²) in [6.07, 6.45) is 15.2. The van der Waals surface area contributed by atoms with E-state index in [1.54, 1.807) is 0 Å². The van der Waals surface area contributed by atoms with Crippen molar-refractivity contribution in [3.05, 3.63) is 26.6 Å². The van der Waals surface area contributed by atoms with Crippen molar-refractivity contribution in [3.63, 3.8) is 0 Å². The first-order valence-electron chi connectivity index (χ1n) is 9.93. The number of unbranched alkanes of at least 4 members (excludes halogenated alkanes) is 9. The SMILES string of the molecule is CCCCCCCCCCCCc1cc(Br)c(OCC2CO2)c(Br)c1. The summed E-state index contributed by atoms with van der Waals surface area (Å²) in [5.41, 5.74) is 1.37. The molecule has 0 radical (unpaired) electrons. The average molecular weight is 476 g/mol. The van der Waals surface area contributed by atoms with E-state index in [-0.39, 0.29) is 6.10 Å². The van der Waals surface area contributed by atoms with Gasteiger partial charge in [-0.25, -0.2) is 0 Å². The summed E-state index contributed by atoms with van der Waals surface area (Å²) in [4.78, 5) is 0. The Morgan fingerprint density at radius 3 is 1.96 bits per heavy atom. The summed E-state index contributed by atoms with van der Waals surface area (Å²) < 4.78 is 13.1. The van der Waals surface area contributed by atoms with Crippen molar-refractivity contribution < 1.29 is 9.47 Å². The predicted molar refractivity (Wildman–Crippen MR) is 113 cm³/mol. The number of rotatable bonds is 14. The van der Waals surface area contributed by atoms with E-state index in [4.69, 9.17) is 9.47 Å². The summed E-state index contributed by atoms with van der Waals surface area (Å²) in [5, 5.41) is 0. The van der Waals surface area contributed by atoms with Crippen molar-refractivity contribution >= 4 is 31.9 Å². The van der Waals surface area contributed by atoms with Crippen LogP contribution in [-0.4, -0.2) is 19.3 Å². The van der Waals surface area contributed by atoms with Crippen LogP contribution in [0.3, 0.4) is 0 Å². The first-order chi connectivity index (χ1) is 12.2. The third kappa shape index (κ3) is 8.92. The minimum atomic E-state index is 0.283. The second-order valence-corrected chi connectivity index (χ2v) is 8.80. The van der Waals surface area contributed by atoms with Gasteiger partial charge in [-0.3, -0.25) is 0 Å². The maximum Gasteiger partial charge on any atom is 0.147 e. The summed E-state index contributed by atoms with van der Waals surface area (Å²) in [6, 6.07) is 4.39. The highest BCUT2D eigenvalue weighted by atomic mass is 79.9. The summed E-state index contributed by atoms with van der Waals surface area (Å²) in [5.74, 6) is 0.891. The lowest BCUT2D eigenvalue weighted by atomic mass is 10.0. The molecule has 1 fully saturated rings. The molecule has 142 valence electrons. The quantitative estimate of drug-likeness (QED) is 0.206. The zero-order chi connectivity index (χ0) is 17.9. The molecule has 0 aliphatic carbocycles. The molecule has 1 saturated heterocycles. The Kier molecular flexibility index (Phi) is 10.5. The molecule has 0 amide bonds. The fourth-order valence-electron chi connectivity index (χ4n) is 3.05. The van der Waals surface area contributed by atoms with Crippen LogP contribution in [0, 0.1) is 0 Å². The molecule has 0 spiro atoms. The largest absolute Gasteiger partial charge is 0.488 e. The first-order valence-corrected chi connectivity index (χ1v) is 11.5. The molecule has 1 heterocycles. The molecular formula is C21H32Br2O2. The summed E-state index contributed by atoms with van der Waals surface area (Å²) >= 11 is 7.28. The fourth-order valence-corrected chi connectivity index (χ4v) is 4.56. The van der Waals surface area contributed by atoms with E-state index in [0.717, 1.165) is 27.7 Å². The van der Waals surface area contributed by atoms with Gasteiger partial charge in [-0.05, 0) is 62.4 Å². The van der Waals surface area contributed by atoms with Gasteiger partial charge in [0.25, 0.3) is 0 Å². The van der Waals surface area contributed by atoms with E-state index in [0.29, 0.717) is 6.61 Å². The van der Waals surface area contributed by atoms with Crippen LogP contribution in [-0.2, 0) is 11.2 Å². The number of hydrogen-bond donors (Lipinski definition) is 0. The second-order valence-electron chi connectivity index (χ2n) is 7.09. The van der Waals surface area contributed by atoms with Crippen molar-refractivity contribution in [2.24, 2.45) is 0 Å². The topological polar surface area (TPSA) is 21.8 Å². The lowest BCUT2D eigenvalue weighted by molar-refractivity contribution is 0.260. The lowest BCUT2D eigenvalue weighted by Crippen LogP contribution is -2.05. The Balaban J connectivity index is 1.57. The van der Waals surface area contributed by atoms with Gasteiger partial charge in [-0.15, -0.1) is 0 Å². The maximum absolute atomic E-state index is 5.83. The Labute approximate surface area is 170 Å². The van der Waals surface area contributed by atoms with Crippen LogP contribution in [0.5, 0.6) is 5.75 Å². The molecule has 1 aliphatic heterocycles. The van der Waals surface area contributed by atoms with E-state index in [1.165, 1.54) is 69.8 Å². The first kappa shape index (κ1) is 21.2. The highest BCUT2D eigenvalue weighted by molar-refractivity contribution is 9.11. The van der Waals surface area contributed by atoms with Crippen LogP contribution >= 0.6 is 31.9 Å². The molecule has 4 heteroatoms. The highest BCUT2D eigenvalue weighted by Gasteiger charge is 2.24. The molecule has 1 aliphatic rings. The lowest BCUT2D eigenvalue weighted by Gasteiger charge is -2.11. The van der Waals surface area contributed by atoms with Gasteiger partial charge in [-0.2, -0.15) is 0 Å². The van der Waals surface area contributed by atoms with Gasteiger partial charge in [0.1, 0.15) is 18.5 Å². The smallest absolute Gasteiger partial charge is 0.147 e. The third-order valence-electron chi connectivity index (χ3n) is 4.69. The fraction of sp³-hybridized carbons (Fsp3) is 0.714. The molecule has 1 unspecified atom stereocenters. The number of benzene rings is 1. The number of halogens is 2. The van der Waals surface area contributed by atoms with E-state index in [9.17, 15) is 0 Å². The molecule has 2 nitrogen and oxygen atoms in total. The summed E-state index contributed by atoms with van der Waals surface area (Å²) in [7, 11) is 0. The van der Waals surface area contributed by atoms with E-state index >= 15 is 0 Å². The van der Waals surface area contributed by atoms with Gasteiger partial charge in [0.15, 0.2) is 0 Å². The zero-order valence-corrected chi connectivity index (χ0v) is 18.7. The third-order valence-corrected chi connectivity index (χ3v) is 5.87. The van der Waals surface area contributed by atoms with Crippen LogP contribution in [0.15, 0.2) is 21.1 Å². The van der Waals surface area contributed by atoms with Gasteiger partial charge in [-0.1, -0.05) is 64.7 Å². The van der Waals surface area contributed by atoms with Crippen LogP contribution in [0.25, 0.3) is 0 Å². The predicted octanol–water partition coefficient (Wildman–Crippen LogP) is 7.45. The number of epoxide rings is 1. The van der Waals surface area contributed by atoms with Crippen molar-refractivity contribution in [2.75, 3.05) is 13.2 Å². The molecule has 1 aromatic carbocycles. The van der Waals surface area contributed by atoms with Crippen LogP contribution in [0.4, 0.5) is 0 Å². The van der Waals surface area contributed by atoms with Crippen molar-refractivity contribution in [3.8, 4) is 5.75 Å². The molecule has 1 atom stereocenters. The highest BCUT2D eigenvalue weighted by Crippen LogP contribution is 2.35. The van der Waals surface area contributed by atoms with E-state index < -0.39 is 0 Å². The van der Waals surface area contributed by atoms with Gasteiger partial charge in [0.05, 0.1) is 15.6 Å². The maximum atomic E-state index is 5.83. The Morgan fingerprint density at radius 1 is 0.920 bits per heavy atom. The van der Waals surface area contributed by atoms with Crippen molar-refractivity contribution in [1.82, 2.24) is 0 Å². The average Bonchev–Trinajstić information content (AvgIpc) is 3.40. The Hall–Kier alpha value is -0.0600. The number of ether oxygens (including phenoxy) is 2. The molecule has 0 bridgehead atoms. The molecule has 0 aromatic heterocycles. The van der Waals surface area contributed by atoms with E-state index in [2.05, 4.69) is 50.9 Å². The summed E-state index contributed by atoms with van der Waals surface area (Å²) in [6.45, 7) is 3.74. The van der Waals surface area contributed by atoms with Crippen molar-refractivity contribution in [2.45, 2.75) is 83.7 Å². The Morgan fingerprint density at radius 2 is 1.44 bits per heavy atom. The standard InChI is InChI=1S/C21H32Br2O2/c1-2-3-4-5-6-7-8-9-10-11-12-17-13-19(22)21(20(23)14-17)25-16-18-15-24-18/h13-14,18H,2-12,15-16H2,1H3. The van der Waals surface area contributed by atoms with Gasteiger partial charge in [0, 0.05) is 0 Å². The molecule has 0 saturated carbocycles. The second kappa shape index (κ2) is 12.3. The minimum Gasteiger partial charge on any atom is -0.488 e. The zero-order valence-electron chi connectivity index (χ0n) is 15.5. The van der Waals surface area contributed by atoms with Gasteiger partial charge < -0.3 is 9.47 Å².